The predicted molar refractivity (Wildman–Crippen MR) is 110 cm³/mol. The zero-order chi connectivity index (χ0) is 22.1. The zero-order valence-corrected chi connectivity index (χ0v) is 18.2. The number of nitrogens with zero attached hydrogens (tertiary/aromatic N) is 3. The SMILES string of the molecule is CN(C(Cc1ccccn1)C(C)(C)C)S(=O)(=O)c1cc2c(cc1[N+](=O)[O-])OCCO2. The lowest BCUT2D eigenvalue weighted by Gasteiger charge is -2.37. The fourth-order valence-electron chi connectivity index (χ4n) is 3.43. The number of pyridine rings is 1. The molecule has 0 bridgehead atoms. The number of benzene rings is 1. The third kappa shape index (κ3) is 4.39. The van der Waals surface area contributed by atoms with Crippen molar-refractivity contribution in [3.63, 3.8) is 0 Å². The minimum atomic E-state index is -4.22. The summed E-state index contributed by atoms with van der Waals surface area (Å²) in [5.74, 6) is 0.339. The molecule has 3 rings (SSSR count). The number of hydrogen-bond donors (Lipinski definition) is 0. The van der Waals surface area contributed by atoms with E-state index < -0.39 is 37.0 Å². The van der Waals surface area contributed by atoms with E-state index in [9.17, 15) is 18.5 Å². The average molecular weight is 436 g/mol. The molecule has 30 heavy (non-hydrogen) atoms. The summed E-state index contributed by atoms with van der Waals surface area (Å²) in [7, 11) is -2.78. The Kier molecular flexibility index (Phi) is 6.00. The standard InChI is InChI=1S/C20H25N3O6S/c1-20(2,3)19(11-14-7-5-6-8-21-14)22(4)30(26,27)18-13-17-16(28-9-10-29-17)12-15(18)23(24)25/h5-8,12-13,19H,9-11H2,1-4H3. The molecule has 1 atom stereocenters. The molecule has 0 aliphatic carbocycles. The van der Waals surface area contributed by atoms with Crippen molar-refractivity contribution in [1.82, 2.24) is 9.29 Å². The van der Waals surface area contributed by atoms with Crippen LogP contribution in [-0.4, -0.2) is 48.9 Å². The fourth-order valence-corrected chi connectivity index (χ4v) is 5.12. The third-order valence-corrected chi connectivity index (χ3v) is 6.94. The summed E-state index contributed by atoms with van der Waals surface area (Å²) in [4.78, 5) is 14.8. The minimum Gasteiger partial charge on any atom is -0.486 e. The quantitative estimate of drug-likeness (QED) is 0.506. The van der Waals surface area contributed by atoms with Gasteiger partial charge in [0.15, 0.2) is 16.4 Å². The molecule has 1 aliphatic rings. The lowest BCUT2D eigenvalue weighted by molar-refractivity contribution is -0.388. The Morgan fingerprint density at radius 3 is 2.37 bits per heavy atom. The molecular weight excluding hydrogens is 410 g/mol. The van der Waals surface area contributed by atoms with Crippen LogP contribution >= 0.6 is 0 Å². The molecule has 0 saturated heterocycles. The molecule has 0 fully saturated rings. The van der Waals surface area contributed by atoms with E-state index >= 15 is 0 Å². The second kappa shape index (κ2) is 8.19. The number of ether oxygens (including phenoxy) is 2. The van der Waals surface area contributed by atoms with E-state index in [2.05, 4.69) is 4.98 Å². The number of hydrogen-bond acceptors (Lipinski definition) is 7. The first-order valence-electron chi connectivity index (χ1n) is 9.48. The van der Waals surface area contributed by atoms with Gasteiger partial charge in [0, 0.05) is 37.5 Å². The first-order valence-corrected chi connectivity index (χ1v) is 10.9. The van der Waals surface area contributed by atoms with E-state index in [0.29, 0.717) is 6.42 Å². The van der Waals surface area contributed by atoms with Crippen LogP contribution in [-0.2, 0) is 16.4 Å². The Bertz CT molecular complexity index is 1030. The van der Waals surface area contributed by atoms with Crippen LogP contribution in [0.25, 0.3) is 0 Å². The molecule has 2 aromatic rings. The van der Waals surface area contributed by atoms with Crippen molar-refractivity contribution in [3.8, 4) is 11.5 Å². The summed E-state index contributed by atoms with van der Waals surface area (Å²) in [6.07, 6.45) is 2.01. The van der Waals surface area contributed by atoms with E-state index in [1.165, 1.54) is 17.4 Å². The minimum absolute atomic E-state index is 0.162. The highest BCUT2D eigenvalue weighted by molar-refractivity contribution is 7.89. The molecule has 0 spiro atoms. The Labute approximate surface area is 175 Å². The van der Waals surface area contributed by atoms with Gasteiger partial charge in [-0.05, 0) is 17.5 Å². The van der Waals surface area contributed by atoms with Crippen LogP contribution in [0.15, 0.2) is 41.4 Å². The highest BCUT2D eigenvalue weighted by Crippen LogP contribution is 2.40. The molecule has 1 aromatic carbocycles. The lowest BCUT2D eigenvalue weighted by atomic mass is 9.84. The number of nitro groups is 1. The van der Waals surface area contributed by atoms with Crippen LogP contribution in [0, 0.1) is 15.5 Å². The predicted octanol–water partition coefficient (Wildman–Crippen LogP) is 3.04. The van der Waals surface area contributed by atoms with Gasteiger partial charge in [0.2, 0.25) is 10.0 Å². The first kappa shape index (κ1) is 22.0. The van der Waals surface area contributed by atoms with E-state index in [4.69, 9.17) is 9.47 Å². The van der Waals surface area contributed by atoms with Gasteiger partial charge in [0.25, 0.3) is 5.69 Å². The van der Waals surface area contributed by atoms with Gasteiger partial charge in [0.05, 0.1) is 11.0 Å². The molecule has 0 radical (unpaired) electrons. The molecule has 1 unspecified atom stereocenters. The molecule has 0 N–H and O–H groups in total. The maximum absolute atomic E-state index is 13.5. The van der Waals surface area contributed by atoms with Crippen molar-refractivity contribution in [3.05, 3.63) is 52.3 Å². The molecule has 10 heteroatoms. The monoisotopic (exact) mass is 435 g/mol. The van der Waals surface area contributed by atoms with Crippen LogP contribution in [0.1, 0.15) is 26.5 Å². The lowest BCUT2D eigenvalue weighted by Crippen LogP contribution is -2.46. The van der Waals surface area contributed by atoms with Gasteiger partial charge in [-0.15, -0.1) is 0 Å². The summed E-state index contributed by atoms with van der Waals surface area (Å²) < 4.78 is 39.1. The van der Waals surface area contributed by atoms with Gasteiger partial charge < -0.3 is 9.47 Å². The smallest absolute Gasteiger partial charge is 0.293 e. The van der Waals surface area contributed by atoms with Crippen molar-refractivity contribution < 1.29 is 22.8 Å². The highest BCUT2D eigenvalue weighted by Gasteiger charge is 2.40. The average Bonchev–Trinajstić information content (AvgIpc) is 2.70. The van der Waals surface area contributed by atoms with Gasteiger partial charge in [-0.1, -0.05) is 26.8 Å². The van der Waals surface area contributed by atoms with Crippen LogP contribution < -0.4 is 9.47 Å². The van der Waals surface area contributed by atoms with Gasteiger partial charge in [-0.3, -0.25) is 15.1 Å². The topological polar surface area (TPSA) is 112 Å². The number of sulfonamides is 1. The number of likely N-dealkylation sites (N-methyl/N-ethyl adjacent to an activating group) is 1. The van der Waals surface area contributed by atoms with Crippen molar-refractivity contribution in [2.75, 3.05) is 20.3 Å². The molecule has 1 aromatic heterocycles. The summed E-state index contributed by atoms with van der Waals surface area (Å²) in [5.41, 5.74) is -0.269. The number of fused-ring (bicyclic) bond motifs is 1. The second-order valence-corrected chi connectivity index (χ2v) is 10.1. The second-order valence-electron chi connectivity index (χ2n) is 8.15. The number of aromatic nitrogens is 1. The Hall–Kier alpha value is -2.72. The fraction of sp³-hybridized carbons (Fsp3) is 0.450. The van der Waals surface area contributed by atoms with Crippen molar-refractivity contribution >= 4 is 15.7 Å². The number of nitro benzene ring substituents is 1. The Morgan fingerprint density at radius 1 is 1.20 bits per heavy atom. The van der Waals surface area contributed by atoms with E-state index in [1.807, 2.05) is 32.9 Å². The molecule has 9 nitrogen and oxygen atoms in total. The summed E-state index contributed by atoms with van der Waals surface area (Å²) in [5, 5.41) is 11.7. The van der Waals surface area contributed by atoms with Crippen molar-refractivity contribution in [2.45, 2.75) is 38.1 Å². The van der Waals surface area contributed by atoms with E-state index in [-0.39, 0.29) is 24.7 Å². The van der Waals surface area contributed by atoms with Gasteiger partial charge >= 0.3 is 0 Å². The maximum atomic E-state index is 13.5. The van der Waals surface area contributed by atoms with Gasteiger partial charge in [-0.25, -0.2) is 8.42 Å². The third-order valence-electron chi connectivity index (χ3n) is 5.04. The Balaban J connectivity index is 2.07. The van der Waals surface area contributed by atoms with E-state index in [1.54, 1.807) is 12.3 Å². The van der Waals surface area contributed by atoms with Crippen molar-refractivity contribution in [2.24, 2.45) is 5.41 Å². The normalized spacial score (nSPS) is 15.1. The molecule has 0 amide bonds. The zero-order valence-electron chi connectivity index (χ0n) is 17.4. The van der Waals surface area contributed by atoms with E-state index in [0.717, 1.165) is 11.8 Å². The van der Waals surface area contributed by atoms with Crippen LogP contribution in [0.3, 0.4) is 0 Å². The van der Waals surface area contributed by atoms with Gasteiger partial charge in [0.1, 0.15) is 13.2 Å². The Morgan fingerprint density at radius 2 is 1.83 bits per heavy atom. The maximum Gasteiger partial charge on any atom is 0.293 e. The summed E-state index contributed by atoms with van der Waals surface area (Å²) in [6.45, 7) is 6.25. The van der Waals surface area contributed by atoms with Crippen LogP contribution in [0.2, 0.25) is 0 Å². The first-order chi connectivity index (χ1) is 14.0. The highest BCUT2D eigenvalue weighted by atomic mass is 32.2. The molecular formula is C20H25N3O6S. The molecule has 1 aliphatic heterocycles. The largest absolute Gasteiger partial charge is 0.486 e. The van der Waals surface area contributed by atoms with Gasteiger partial charge in [-0.2, -0.15) is 4.31 Å². The summed E-state index contributed by atoms with van der Waals surface area (Å²) in [6, 6.07) is 7.24. The number of rotatable bonds is 6. The molecule has 2 heterocycles. The van der Waals surface area contributed by atoms with Crippen molar-refractivity contribution in [1.29, 1.82) is 0 Å². The van der Waals surface area contributed by atoms with Crippen LogP contribution in [0.4, 0.5) is 5.69 Å². The summed E-state index contributed by atoms with van der Waals surface area (Å²) >= 11 is 0. The van der Waals surface area contributed by atoms with Crippen LogP contribution in [0.5, 0.6) is 11.5 Å². The molecule has 162 valence electrons. The molecule has 0 saturated carbocycles.